The van der Waals surface area contributed by atoms with Gasteiger partial charge in [-0.1, -0.05) is 118 Å². The fourth-order valence-corrected chi connectivity index (χ4v) is 44.5. The van der Waals surface area contributed by atoms with Crippen LogP contribution in [0, 0.1) is 359 Å². The smallest absolute Gasteiger partial charge is 0.302 e. The highest BCUT2D eigenvalue weighted by atomic mass is 35.5. The van der Waals surface area contributed by atoms with E-state index < -0.39 is 21.4 Å². The molecular weight excluding hydrogens is 1570 g/mol. The number of aliphatic hydroxyl groups is 1. The van der Waals surface area contributed by atoms with Crippen molar-refractivity contribution in [2.45, 2.75) is 304 Å². The summed E-state index contributed by atoms with van der Waals surface area (Å²) in [7, 11) is -4.10. The molecule has 0 aromatic heterocycles. The molecule has 694 valence electrons. The first kappa shape index (κ1) is 90.7. The molecule has 26 aliphatic carbocycles. The fourth-order valence-electron chi connectivity index (χ4n) is 43.0. The van der Waals surface area contributed by atoms with Gasteiger partial charge < -0.3 is 20.9 Å². The van der Waals surface area contributed by atoms with Gasteiger partial charge in [0.25, 0.3) is 10.1 Å². The Morgan fingerprint density at radius 1 is 0.427 bits per heavy atom. The molecular formula is C110H173ClN4O8S. The van der Waals surface area contributed by atoms with E-state index in [4.69, 9.17) is 26.6 Å². The maximum Gasteiger partial charge on any atom is 0.302 e. The van der Waals surface area contributed by atoms with Crippen LogP contribution in [0.3, 0.4) is 0 Å². The summed E-state index contributed by atoms with van der Waals surface area (Å²) in [6, 6.07) is 5.26. The van der Waals surface area contributed by atoms with Crippen molar-refractivity contribution in [2.24, 2.45) is 342 Å². The van der Waals surface area contributed by atoms with Crippen LogP contribution in [0.2, 0.25) is 0 Å². The number of nitrogens with one attached hydrogen (secondary N) is 1. The van der Waals surface area contributed by atoms with E-state index in [1.165, 1.54) is 114 Å². The van der Waals surface area contributed by atoms with E-state index in [-0.39, 0.29) is 40.6 Å². The van der Waals surface area contributed by atoms with Crippen molar-refractivity contribution in [3.63, 3.8) is 0 Å². The van der Waals surface area contributed by atoms with Crippen LogP contribution >= 0.6 is 11.6 Å². The molecule has 26 saturated carbocycles. The van der Waals surface area contributed by atoms with E-state index >= 15 is 0 Å². The fraction of sp³-hybridized carbons (Fsp3) is 0.955. The number of hydrogen-bond donors (Lipinski definition) is 4. The lowest BCUT2D eigenvalue weighted by molar-refractivity contribution is -0.150. The first-order chi connectivity index (χ1) is 58.5. The summed E-state index contributed by atoms with van der Waals surface area (Å²) in [4.78, 5) is 34.6. The molecule has 0 aliphatic heterocycles. The number of amides is 2. The molecule has 12 nitrogen and oxygen atoms in total. The molecule has 0 heterocycles. The Bertz CT molecular complexity index is 4160. The van der Waals surface area contributed by atoms with Gasteiger partial charge in [-0.25, -0.2) is 0 Å². The van der Waals surface area contributed by atoms with Gasteiger partial charge in [-0.15, -0.1) is 11.6 Å². The average Bonchev–Trinajstić information content (AvgIpc) is 1.54. The highest BCUT2D eigenvalue weighted by Gasteiger charge is 2.72. The predicted octanol–water partition coefficient (Wildman–Crippen LogP) is 22.9. The van der Waals surface area contributed by atoms with E-state index in [1.54, 1.807) is 46.0 Å². The van der Waals surface area contributed by atoms with Crippen LogP contribution in [0.5, 0.6) is 0 Å². The third kappa shape index (κ3) is 14.2. The van der Waals surface area contributed by atoms with Gasteiger partial charge in [0, 0.05) is 36.2 Å². The molecule has 26 rings (SSSR count). The summed E-state index contributed by atoms with van der Waals surface area (Å²) < 4.78 is 36.2. The molecule has 0 aromatic carbocycles. The minimum Gasteiger partial charge on any atom is -0.462 e. The number of nitrogens with zero attached hydrogens (tertiary/aromatic N) is 2. The first-order valence-electron chi connectivity index (χ1n) is 53.3. The second kappa shape index (κ2) is 32.7. The van der Waals surface area contributed by atoms with Gasteiger partial charge in [-0.05, 0) is 476 Å². The van der Waals surface area contributed by atoms with E-state index in [0.717, 1.165) is 268 Å². The molecule has 0 saturated heterocycles. The minimum atomic E-state index is -4.10. The molecule has 26 bridgehead atoms. The van der Waals surface area contributed by atoms with Crippen LogP contribution in [-0.2, 0) is 29.2 Å². The first-order valence-corrected chi connectivity index (χ1v) is 55.4. The lowest BCUT2D eigenvalue weighted by atomic mass is 9.58. The number of halogens is 1. The number of nitrogens with two attached hydrogens (primary N) is 1. The maximum atomic E-state index is 12.4. The molecule has 0 spiro atoms. The number of nitriles is 2. The predicted molar refractivity (Wildman–Crippen MR) is 492 cm³/mol. The highest BCUT2D eigenvalue weighted by molar-refractivity contribution is 7.85. The number of ether oxygens (including phenoxy) is 1. The molecule has 14 heteroatoms. The normalized spacial score (nSPS) is 59.3. The SMILES string of the molecule is CC(=O)OC1CC2CC1C(C)C2C.CC1C(C)C2CC1C1C3CC(C#N)C(C3)C21.CC1C(C)C2CC1C1C3CC(C21)C(C)(C#N)C3.CC1C(C)C2CC1C1C3CC(CO)C(C3)C21.CC1C(C)C2CC1C1C3CC(Cl)C(C3)C21.CC1C(C)C2CC1C1C3CCC(C3)C21.CC1C2CC(C(=O)NC(C)(C)CS(=O)(=O)O)C(C2)C1C.CC1C2CC(C1C)C(C)(C(N)=O)C2. The van der Waals surface area contributed by atoms with Crippen molar-refractivity contribution >= 4 is 39.5 Å². The Kier molecular flexibility index (Phi) is 23.9. The highest BCUT2D eigenvalue weighted by Crippen LogP contribution is 2.78. The topological polar surface area (TPSA) is 221 Å². The monoisotopic (exact) mass is 1750 g/mol. The van der Waals surface area contributed by atoms with E-state index in [9.17, 15) is 38.4 Å². The van der Waals surface area contributed by atoms with E-state index in [2.05, 4.69) is 142 Å². The van der Waals surface area contributed by atoms with E-state index in [0.29, 0.717) is 65.2 Å². The van der Waals surface area contributed by atoms with Crippen LogP contribution in [0.15, 0.2) is 0 Å². The maximum absolute atomic E-state index is 12.4. The number of esters is 1. The molecule has 124 heavy (non-hydrogen) atoms. The van der Waals surface area contributed by atoms with Crippen LogP contribution in [0.4, 0.5) is 0 Å². The number of fused-ring (bicyclic) bond motifs is 51. The van der Waals surface area contributed by atoms with Crippen molar-refractivity contribution in [3.8, 4) is 12.1 Å². The van der Waals surface area contributed by atoms with Crippen molar-refractivity contribution in [3.05, 3.63) is 0 Å². The van der Waals surface area contributed by atoms with Crippen molar-refractivity contribution in [2.75, 3.05) is 12.4 Å². The number of carbonyl (C=O) groups is 3. The number of carbonyl (C=O) groups excluding carboxylic acids is 3. The lowest BCUT2D eigenvalue weighted by Crippen LogP contribution is -2.51. The summed E-state index contributed by atoms with van der Waals surface area (Å²) in [6.45, 7) is 48.2. The average molecular weight is 1750 g/mol. The largest absolute Gasteiger partial charge is 0.462 e. The Morgan fingerprint density at radius 3 is 1.26 bits per heavy atom. The standard InChI is InChI=1S/C16H23N.C15H21N.C15H24O.C14H21Cl.C14H25NO4S.C14H22.C11H19NO.C11H18O2/c1-8-9(2)12-5-11(8)14-10-4-13(15(12)14)16(3,6-10)7-17;2*1-7-8(2)12-5-11(7)14-9-3-10(6-16)13(4-9)15(12)14;1-6-7(2)10-5-9(6)13-8-3-11(14(10)13)12(15)4-8;1-8-9(2)11-5-10(8)6-12(11)13(16)15-14(3,4)7-20(17,18)19;1-7-8(2)12-6-11(7)13-9-3-4-10(5-9)14(12)13;1-6-7(2)9-4-8(6)5-11(9,3)10(12)13;1-6-7(2)10-4-9(6)5-11(10)13-8(3)12/h8-15H,4-6H2,1-3H3;7-15H,3-5H2,1-2H3;7-16H,3-6H2,1-2H3;6-14H,3-5H2,1-2H3;8-12H,5-7H2,1-4H3,(H,15,16)(H,17,18,19);7-14H,3-6H2,1-2H3;6-9H,4-5H2,1-3H3,(H2,12,13);6-7,9-11H,4-5H2,1-3H3. The van der Waals surface area contributed by atoms with Gasteiger partial charge in [0.15, 0.2) is 0 Å². The summed E-state index contributed by atoms with van der Waals surface area (Å²) in [5, 5.41) is 31.6. The molecule has 26 aliphatic rings. The molecule has 59 unspecified atom stereocenters. The minimum absolute atomic E-state index is 0.00753. The van der Waals surface area contributed by atoms with Crippen molar-refractivity contribution in [1.82, 2.24) is 5.32 Å². The second-order valence-electron chi connectivity index (χ2n) is 53.1. The van der Waals surface area contributed by atoms with Gasteiger partial charge in [-0.2, -0.15) is 18.9 Å². The molecule has 0 radical (unpaired) electrons. The van der Waals surface area contributed by atoms with Gasteiger partial charge in [0.2, 0.25) is 11.8 Å². The number of rotatable bonds is 7. The third-order valence-electron chi connectivity index (χ3n) is 49.5. The summed E-state index contributed by atoms with van der Waals surface area (Å²) in [5.41, 5.74) is 4.37. The lowest BCUT2D eigenvalue weighted by Gasteiger charge is -2.45. The zero-order valence-electron chi connectivity index (χ0n) is 81.0. The van der Waals surface area contributed by atoms with Gasteiger partial charge in [-0.3, -0.25) is 18.9 Å². The zero-order chi connectivity index (χ0) is 88.4. The van der Waals surface area contributed by atoms with Crippen LogP contribution < -0.4 is 11.1 Å². The third-order valence-corrected chi connectivity index (χ3v) is 51.0. The number of aliphatic hydroxyl groups excluding tert-OH is 1. The molecule has 0 aromatic rings. The van der Waals surface area contributed by atoms with Crippen molar-refractivity contribution in [1.29, 1.82) is 10.5 Å². The molecule has 5 N–H and O–H groups in total. The molecule has 59 atom stereocenters. The van der Waals surface area contributed by atoms with Crippen LogP contribution in [0.25, 0.3) is 0 Å². The Balaban J connectivity index is 0.0000000932. The molecule has 2 amide bonds. The molecule has 26 fully saturated rings. The van der Waals surface area contributed by atoms with Crippen LogP contribution in [0.1, 0.15) is 287 Å². The summed E-state index contributed by atoms with van der Waals surface area (Å²) in [6.07, 6.45) is 30.3. The van der Waals surface area contributed by atoms with E-state index in [1.807, 2.05) is 0 Å². The number of hydrogen-bond acceptors (Lipinski definition) is 9. The second-order valence-corrected chi connectivity index (χ2v) is 55.1. The quantitative estimate of drug-likeness (QED) is 0.0817. The van der Waals surface area contributed by atoms with Gasteiger partial charge in [0.05, 0.1) is 28.8 Å². The van der Waals surface area contributed by atoms with Gasteiger partial charge in [0.1, 0.15) is 6.10 Å². The Labute approximate surface area is 757 Å². The summed E-state index contributed by atoms with van der Waals surface area (Å²) >= 11 is 6.50. The number of primary amides is 1. The Morgan fingerprint density at radius 2 is 0.823 bits per heavy atom. The van der Waals surface area contributed by atoms with Gasteiger partial charge >= 0.3 is 5.97 Å². The summed E-state index contributed by atoms with van der Waals surface area (Å²) in [5.74, 6) is 48.8. The van der Waals surface area contributed by atoms with Crippen LogP contribution in [-0.4, -0.2) is 65.2 Å². The Hall–Kier alpha value is -2.45. The number of alkyl halides is 1. The zero-order valence-corrected chi connectivity index (χ0v) is 82.6. The van der Waals surface area contributed by atoms with Crippen molar-refractivity contribution < 1.29 is 37.2 Å².